The van der Waals surface area contributed by atoms with Crippen LogP contribution in [0.5, 0.6) is 0 Å². The van der Waals surface area contributed by atoms with E-state index < -0.39 is 0 Å². The molecular formula is C11H16N4O2. The maximum Gasteiger partial charge on any atom is 0.315 e. The molecule has 1 N–H and O–H groups in total. The molecule has 6 heteroatoms. The first-order chi connectivity index (χ1) is 8.08. The van der Waals surface area contributed by atoms with Gasteiger partial charge < -0.3 is 14.3 Å². The quantitative estimate of drug-likeness (QED) is 0.878. The third-order valence-corrected chi connectivity index (χ3v) is 2.53. The fourth-order valence-corrected chi connectivity index (χ4v) is 1.46. The Hall–Kier alpha value is -1.85. The average molecular weight is 236 g/mol. The van der Waals surface area contributed by atoms with E-state index in [4.69, 9.17) is 8.94 Å². The minimum Gasteiger partial charge on any atom is -0.408 e. The highest BCUT2D eigenvalue weighted by Gasteiger charge is 2.12. The van der Waals surface area contributed by atoms with Crippen molar-refractivity contribution in [3.05, 3.63) is 22.9 Å². The highest BCUT2D eigenvalue weighted by atomic mass is 16.5. The van der Waals surface area contributed by atoms with Crippen LogP contribution in [-0.2, 0) is 6.54 Å². The second-order valence-corrected chi connectivity index (χ2v) is 4.26. The molecule has 2 rings (SSSR count). The lowest BCUT2D eigenvalue weighted by Gasteiger charge is -2.00. The van der Waals surface area contributed by atoms with E-state index in [1.165, 1.54) is 0 Å². The van der Waals surface area contributed by atoms with Crippen molar-refractivity contribution < 1.29 is 8.94 Å². The summed E-state index contributed by atoms with van der Waals surface area (Å²) >= 11 is 0. The summed E-state index contributed by atoms with van der Waals surface area (Å²) in [5.41, 5.74) is 1.90. The predicted molar refractivity (Wildman–Crippen MR) is 61.7 cm³/mol. The van der Waals surface area contributed by atoms with Gasteiger partial charge in [-0.25, -0.2) is 0 Å². The van der Waals surface area contributed by atoms with Gasteiger partial charge in [0.05, 0.1) is 5.69 Å². The molecule has 2 aromatic heterocycles. The topological polar surface area (TPSA) is 77.0 Å². The van der Waals surface area contributed by atoms with Crippen LogP contribution in [-0.4, -0.2) is 15.4 Å². The lowest BCUT2D eigenvalue weighted by molar-refractivity contribution is 0.392. The van der Waals surface area contributed by atoms with Gasteiger partial charge in [-0.3, -0.25) is 0 Å². The molecule has 0 aliphatic rings. The lowest BCUT2D eigenvalue weighted by atomic mass is 10.2. The molecule has 0 spiro atoms. The Labute approximate surface area is 99.4 Å². The van der Waals surface area contributed by atoms with Gasteiger partial charge in [0.1, 0.15) is 5.76 Å². The molecule has 0 aliphatic carbocycles. The molecule has 2 aromatic rings. The number of hydrogen-bond acceptors (Lipinski definition) is 6. The Kier molecular flexibility index (Phi) is 3.12. The Morgan fingerprint density at radius 2 is 2.00 bits per heavy atom. The van der Waals surface area contributed by atoms with E-state index in [1.807, 2.05) is 27.7 Å². The van der Waals surface area contributed by atoms with Crippen molar-refractivity contribution >= 4 is 6.01 Å². The molecular weight excluding hydrogens is 220 g/mol. The fourth-order valence-electron chi connectivity index (χ4n) is 1.46. The van der Waals surface area contributed by atoms with Gasteiger partial charge in [-0.05, 0) is 13.8 Å². The highest BCUT2D eigenvalue weighted by Crippen LogP contribution is 2.17. The zero-order chi connectivity index (χ0) is 12.4. The summed E-state index contributed by atoms with van der Waals surface area (Å²) in [6.45, 7) is 8.36. The zero-order valence-corrected chi connectivity index (χ0v) is 10.4. The van der Waals surface area contributed by atoms with Crippen molar-refractivity contribution in [2.45, 2.75) is 40.2 Å². The molecule has 0 bridgehead atoms. The third kappa shape index (κ3) is 2.46. The first kappa shape index (κ1) is 11.6. The largest absolute Gasteiger partial charge is 0.408 e. The van der Waals surface area contributed by atoms with Crippen LogP contribution in [0.15, 0.2) is 8.94 Å². The van der Waals surface area contributed by atoms with Gasteiger partial charge in [0.25, 0.3) is 0 Å². The first-order valence-electron chi connectivity index (χ1n) is 5.57. The Morgan fingerprint density at radius 1 is 1.24 bits per heavy atom. The van der Waals surface area contributed by atoms with Gasteiger partial charge in [-0.1, -0.05) is 24.1 Å². The van der Waals surface area contributed by atoms with Crippen LogP contribution in [0.1, 0.15) is 42.7 Å². The number of rotatable bonds is 4. The summed E-state index contributed by atoms with van der Waals surface area (Å²) in [4.78, 5) is 0. The minimum absolute atomic E-state index is 0.233. The third-order valence-electron chi connectivity index (χ3n) is 2.53. The van der Waals surface area contributed by atoms with E-state index >= 15 is 0 Å². The molecule has 0 aromatic carbocycles. The average Bonchev–Trinajstić information content (AvgIpc) is 2.85. The van der Waals surface area contributed by atoms with E-state index in [2.05, 4.69) is 20.7 Å². The Balaban J connectivity index is 2.02. The smallest absolute Gasteiger partial charge is 0.315 e. The normalized spacial score (nSPS) is 11.1. The maximum absolute atomic E-state index is 5.44. The number of nitrogens with zero attached hydrogens (tertiary/aromatic N) is 3. The molecule has 0 amide bonds. The van der Waals surface area contributed by atoms with Crippen LogP contribution in [0.25, 0.3) is 0 Å². The Bertz CT molecular complexity index is 482. The van der Waals surface area contributed by atoms with Gasteiger partial charge in [-0.2, -0.15) is 0 Å². The molecule has 0 unspecified atom stereocenters. The second-order valence-electron chi connectivity index (χ2n) is 4.26. The van der Waals surface area contributed by atoms with E-state index in [0.29, 0.717) is 18.5 Å². The molecule has 0 fully saturated rings. The van der Waals surface area contributed by atoms with Crippen LogP contribution in [0.3, 0.4) is 0 Å². The summed E-state index contributed by atoms with van der Waals surface area (Å²) in [5.74, 6) is 1.67. The van der Waals surface area contributed by atoms with E-state index in [9.17, 15) is 0 Å². The SMILES string of the molecule is Cc1noc(C)c1CNc1nnc(C(C)C)o1. The lowest BCUT2D eigenvalue weighted by Crippen LogP contribution is -2.01. The highest BCUT2D eigenvalue weighted by molar-refractivity contribution is 5.27. The van der Waals surface area contributed by atoms with Crippen molar-refractivity contribution in [1.82, 2.24) is 15.4 Å². The molecule has 92 valence electrons. The number of hydrogen-bond donors (Lipinski definition) is 1. The van der Waals surface area contributed by atoms with Crippen LogP contribution < -0.4 is 5.32 Å². The van der Waals surface area contributed by atoms with E-state index in [0.717, 1.165) is 17.0 Å². The van der Waals surface area contributed by atoms with Crippen LogP contribution >= 0.6 is 0 Å². The van der Waals surface area contributed by atoms with Crippen LogP contribution in [0.2, 0.25) is 0 Å². The summed E-state index contributed by atoms with van der Waals surface area (Å²) < 4.78 is 10.5. The van der Waals surface area contributed by atoms with E-state index in [-0.39, 0.29) is 5.92 Å². The maximum atomic E-state index is 5.44. The van der Waals surface area contributed by atoms with Gasteiger partial charge in [0.15, 0.2) is 0 Å². The van der Waals surface area contributed by atoms with Crippen molar-refractivity contribution in [1.29, 1.82) is 0 Å². The second kappa shape index (κ2) is 4.57. The number of aryl methyl sites for hydroxylation is 2. The molecule has 6 nitrogen and oxygen atoms in total. The molecule has 0 radical (unpaired) electrons. The van der Waals surface area contributed by atoms with Crippen molar-refractivity contribution in [2.75, 3.05) is 5.32 Å². The standard InChI is InChI=1S/C11H16N4O2/c1-6(2)10-13-14-11(16-10)12-5-9-7(3)15-17-8(9)4/h6H,5H2,1-4H3,(H,12,14). The molecule has 2 heterocycles. The summed E-state index contributed by atoms with van der Waals surface area (Å²) in [6.07, 6.45) is 0. The molecule has 0 aliphatic heterocycles. The monoisotopic (exact) mass is 236 g/mol. The molecule has 0 atom stereocenters. The molecule has 17 heavy (non-hydrogen) atoms. The number of anilines is 1. The van der Waals surface area contributed by atoms with Gasteiger partial charge >= 0.3 is 6.01 Å². The summed E-state index contributed by atoms with van der Waals surface area (Å²) in [7, 11) is 0. The van der Waals surface area contributed by atoms with E-state index in [1.54, 1.807) is 0 Å². The van der Waals surface area contributed by atoms with Crippen molar-refractivity contribution in [2.24, 2.45) is 0 Å². The zero-order valence-electron chi connectivity index (χ0n) is 10.4. The van der Waals surface area contributed by atoms with Crippen LogP contribution in [0, 0.1) is 13.8 Å². The van der Waals surface area contributed by atoms with Crippen molar-refractivity contribution in [3.63, 3.8) is 0 Å². The fraction of sp³-hybridized carbons (Fsp3) is 0.545. The van der Waals surface area contributed by atoms with Gasteiger partial charge in [-0.15, -0.1) is 5.10 Å². The minimum atomic E-state index is 0.233. The first-order valence-corrected chi connectivity index (χ1v) is 5.57. The van der Waals surface area contributed by atoms with Crippen molar-refractivity contribution in [3.8, 4) is 0 Å². The molecule has 0 saturated carbocycles. The number of aromatic nitrogens is 3. The summed E-state index contributed by atoms with van der Waals surface area (Å²) in [6, 6.07) is 0.425. The summed E-state index contributed by atoms with van der Waals surface area (Å²) in [5, 5.41) is 14.8. The molecule has 0 saturated heterocycles. The predicted octanol–water partition coefficient (Wildman–Crippen LogP) is 2.41. The van der Waals surface area contributed by atoms with Gasteiger partial charge in [0, 0.05) is 18.0 Å². The Morgan fingerprint density at radius 3 is 2.53 bits per heavy atom. The van der Waals surface area contributed by atoms with Crippen LogP contribution in [0.4, 0.5) is 6.01 Å². The number of nitrogens with one attached hydrogen (secondary N) is 1. The van der Waals surface area contributed by atoms with Gasteiger partial charge in [0.2, 0.25) is 5.89 Å².